The number of nitrogens with zero attached hydrogens (tertiary/aromatic N) is 1. The summed E-state index contributed by atoms with van der Waals surface area (Å²) in [6.07, 6.45) is 3.45. The summed E-state index contributed by atoms with van der Waals surface area (Å²) in [5.74, 6) is -0.0334. The molecule has 0 saturated carbocycles. The highest BCUT2D eigenvalue weighted by atomic mass is 35.5. The van der Waals surface area contributed by atoms with Crippen molar-refractivity contribution in [3.63, 3.8) is 0 Å². The van der Waals surface area contributed by atoms with Crippen LogP contribution in [0.15, 0.2) is 12.4 Å². The highest BCUT2D eigenvalue weighted by Gasteiger charge is 2.06. The molecule has 0 radical (unpaired) electrons. The van der Waals surface area contributed by atoms with Crippen LogP contribution in [0.4, 0.5) is 0 Å². The SMILES string of the molecule is CCC(=O)NCc1c(Cl)cncc1Cl. The number of halogens is 2. The van der Waals surface area contributed by atoms with E-state index >= 15 is 0 Å². The molecule has 1 aromatic rings. The fourth-order valence-corrected chi connectivity index (χ4v) is 1.42. The molecule has 0 saturated heterocycles. The summed E-state index contributed by atoms with van der Waals surface area (Å²) < 4.78 is 0. The van der Waals surface area contributed by atoms with Crippen molar-refractivity contribution in [1.82, 2.24) is 10.3 Å². The zero-order valence-corrected chi connectivity index (χ0v) is 9.19. The largest absolute Gasteiger partial charge is 0.352 e. The molecule has 0 fully saturated rings. The first-order valence-electron chi connectivity index (χ1n) is 4.19. The van der Waals surface area contributed by atoms with E-state index in [1.165, 1.54) is 12.4 Å². The van der Waals surface area contributed by atoms with Crippen molar-refractivity contribution in [2.45, 2.75) is 19.9 Å². The Bertz CT molecular complexity index is 321. The first kappa shape index (κ1) is 11.3. The lowest BCUT2D eigenvalue weighted by Gasteiger charge is -2.06. The van der Waals surface area contributed by atoms with Crippen molar-refractivity contribution in [3.8, 4) is 0 Å². The summed E-state index contributed by atoms with van der Waals surface area (Å²) in [5, 5.41) is 3.63. The van der Waals surface area contributed by atoms with Gasteiger partial charge in [-0.15, -0.1) is 0 Å². The smallest absolute Gasteiger partial charge is 0.219 e. The fourth-order valence-electron chi connectivity index (χ4n) is 0.919. The second kappa shape index (κ2) is 5.17. The van der Waals surface area contributed by atoms with Gasteiger partial charge in [0.25, 0.3) is 0 Å². The van der Waals surface area contributed by atoms with Gasteiger partial charge in [-0.1, -0.05) is 30.1 Å². The van der Waals surface area contributed by atoms with E-state index in [9.17, 15) is 4.79 Å². The van der Waals surface area contributed by atoms with Crippen LogP contribution < -0.4 is 5.32 Å². The average molecular weight is 233 g/mol. The second-order valence-electron chi connectivity index (χ2n) is 2.71. The van der Waals surface area contributed by atoms with Gasteiger partial charge in [0.05, 0.1) is 10.0 Å². The van der Waals surface area contributed by atoms with Crippen molar-refractivity contribution in [2.24, 2.45) is 0 Å². The van der Waals surface area contributed by atoms with Crippen molar-refractivity contribution < 1.29 is 4.79 Å². The number of carbonyl (C=O) groups is 1. The molecule has 0 aliphatic carbocycles. The van der Waals surface area contributed by atoms with Crippen LogP contribution in [0.3, 0.4) is 0 Å². The second-order valence-corrected chi connectivity index (χ2v) is 3.53. The minimum absolute atomic E-state index is 0.0334. The standard InChI is InChI=1S/C9H10Cl2N2O/c1-2-9(14)13-3-6-7(10)4-12-5-8(6)11/h4-5H,2-3H2,1H3,(H,13,14). The molecule has 1 aromatic heterocycles. The van der Waals surface area contributed by atoms with E-state index in [0.29, 0.717) is 28.6 Å². The number of carbonyl (C=O) groups excluding carboxylic acids is 1. The summed E-state index contributed by atoms with van der Waals surface area (Å²) in [4.78, 5) is 14.8. The zero-order chi connectivity index (χ0) is 10.6. The molecule has 0 spiro atoms. The van der Waals surface area contributed by atoms with Crippen LogP contribution in [0.2, 0.25) is 10.0 Å². The predicted octanol–water partition coefficient (Wildman–Crippen LogP) is 2.41. The van der Waals surface area contributed by atoms with Crippen molar-refractivity contribution >= 4 is 29.1 Å². The number of pyridine rings is 1. The molecular formula is C9H10Cl2N2O. The Morgan fingerprint density at radius 3 is 2.50 bits per heavy atom. The first-order chi connectivity index (χ1) is 6.65. The quantitative estimate of drug-likeness (QED) is 0.870. The molecule has 3 nitrogen and oxygen atoms in total. The first-order valence-corrected chi connectivity index (χ1v) is 4.95. The number of nitrogens with one attached hydrogen (secondary N) is 1. The Hall–Kier alpha value is -0.800. The predicted molar refractivity (Wildman–Crippen MR) is 56.4 cm³/mol. The maximum absolute atomic E-state index is 11.0. The van der Waals surface area contributed by atoms with E-state index in [1.807, 2.05) is 0 Å². The minimum atomic E-state index is -0.0334. The van der Waals surface area contributed by atoms with Crippen molar-refractivity contribution in [1.29, 1.82) is 0 Å². The minimum Gasteiger partial charge on any atom is -0.352 e. The Labute approximate surface area is 92.4 Å². The van der Waals surface area contributed by atoms with Gasteiger partial charge in [0, 0.05) is 30.9 Å². The summed E-state index contributed by atoms with van der Waals surface area (Å²) in [7, 11) is 0. The molecular weight excluding hydrogens is 223 g/mol. The van der Waals surface area contributed by atoms with E-state index in [2.05, 4.69) is 10.3 Å². The van der Waals surface area contributed by atoms with Gasteiger partial charge >= 0.3 is 0 Å². The summed E-state index contributed by atoms with van der Waals surface area (Å²) in [6, 6.07) is 0. The molecule has 0 unspecified atom stereocenters. The molecule has 1 rings (SSSR count). The molecule has 5 heteroatoms. The van der Waals surface area contributed by atoms with Gasteiger partial charge in [-0.05, 0) is 0 Å². The lowest BCUT2D eigenvalue weighted by molar-refractivity contribution is -0.120. The van der Waals surface area contributed by atoms with Gasteiger partial charge in [-0.2, -0.15) is 0 Å². The van der Waals surface area contributed by atoms with Gasteiger partial charge < -0.3 is 5.32 Å². The Balaban J connectivity index is 2.71. The summed E-state index contributed by atoms with van der Waals surface area (Å²) >= 11 is 11.7. The van der Waals surface area contributed by atoms with Crippen LogP contribution >= 0.6 is 23.2 Å². The maximum atomic E-state index is 11.0. The number of aromatic nitrogens is 1. The highest BCUT2D eigenvalue weighted by Crippen LogP contribution is 2.22. The topological polar surface area (TPSA) is 42.0 Å². The normalized spacial score (nSPS) is 9.93. The maximum Gasteiger partial charge on any atom is 0.219 e. The molecule has 0 atom stereocenters. The van der Waals surface area contributed by atoms with Gasteiger partial charge in [-0.25, -0.2) is 0 Å². The van der Waals surface area contributed by atoms with E-state index in [1.54, 1.807) is 6.92 Å². The zero-order valence-electron chi connectivity index (χ0n) is 7.68. The van der Waals surface area contributed by atoms with Crippen molar-refractivity contribution in [3.05, 3.63) is 28.0 Å². The molecule has 76 valence electrons. The monoisotopic (exact) mass is 232 g/mol. The Kier molecular flexibility index (Phi) is 4.17. The van der Waals surface area contributed by atoms with Gasteiger partial charge in [-0.3, -0.25) is 9.78 Å². The van der Waals surface area contributed by atoms with Gasteiger partial charge in [0.15, 0.2) is 0 Å². The molecule has 1 N–H and O–H groups in total. The molecule has 1 heterocycles. The third-order valence-corrected chi connectivity index (χ3v) is 2.39. The van der Waals surface area contributed by atoms with Crippen LogP contribution in [-0.4, -0.2) is 10.9 Å². The van der Waals surface area contributed by atoms with E-state index < -0.39 is 0 Å². The molecule has 0 aliphatic rings. The average Bonchev–Trinajstić information content (AvgIpc) is 2.16. The fraction of sp³-hybridized carbons (Fsp3) is 0.333. The van der Waals surface area contributed by atoms with Crippen LogP contribution in [0.1, 0.15) is 18.9 Å². The number of amides is 1. The van der Waals surface area contributed by atoms with Crippen LogP contribution in [-0.2, 0) is 11.3 Å². The highest BCUT2D eigenvalue weighted by molar-refractivity contribution is 6.35. The molecule has 0 aliphatic heterocycles. The van der Waals surface area contributed by atoms with E-state index in [-0.39, 0.29) is 5.91 Å². The van der Waals surface area contributed by atoms with Crippen LogP contribution in [0.25, 0.3) is 0 Å². The third kappa shape index (κ3) is 2.86. The number of hydrogen-bond donors (Lipinski definition) is 1. The van der Waals surface area contributed by atoms with Gasteiger partial charge in [0.1, 0.15) is 0 Å². The van der Waals surface area contributed by atoms with Gasteiger partial charge in [0.2, 0.25) is 5.91 Å². The van der Waals surface area contributed by atoms with Crippen molar-refractivity contribution in [2.75, 3.05) is 0 Å². The summed E-state index contributed by atoms with van der Waals surface area (Å²) in [5.41, 5.74) is 0.699. The number of rotatable bonds is 3. The Morgan fingerprint density at radius 1 is 1.43 bits per heavy atom. The van der Waals surface area contributed by atoms with Crippen LogP contribution in [0, 0.1) is 0 Å². The van der Waals surface area contributed by atoms with Crippen LogP contribution in [0.5, 0.6) is 0 Å². The Morgan fingerprint density at radius 2 is 2.00 bits per heavy atom. The lowest BCUT2D eigenvalue weighted by Crippen LogP contribution is -2.21. The van der Waals surface area contributed by atoms with E-state index in [0.717, 1.165) is 0 Å². The van der Waals surface area contributed by atoms with E-state index in [4.69, 9.17) is 23.2 Å². The molecule has 0 aromatic carbocycles. The molecule has 14 heavy (non-hydrogen) atoms. The molecule has 1 amide bonds. The lowest BCUT2D eigenvalue weighted by atomic mass is 10.2. The summed E-state index contributed by atoms with van der Waals surface area (Å²) in [6.45, 7) is 2.12. The number of hydrogen-bond acceptors (Lipinski definition) is 2. The molecule has 0 bridgehead atoms. The third-order valence-electron chi connectivity index (χ3n) is 1.74.